The Labute approximate surface area is 250 Å². The number of hydrogen-bond acceptors (Lipinski definition) is 8. The van der Waals surface area contributed by atoms with Gasteiger partial charge < -0.3 is 19.4 Å². The summed E-state index contributed by atoms with van der Waals surface area (Å²) in [6.45, 7) is 5.56. The number of carbonyl (C=O) groups is 1. The first-order valence-electron chi connectivity index (χ1n) is 14.3. The molecule has 1 fully saturated rings. The summed E-state index contributed by atoms with van der Waals surface area (Å²) in [5.41, 5.74) is 5.65. The molecular formula is C33H34N6O2S. The second-order valence-corrected chi connectivity index (χ2v) is 11.5. The van der Waals surface area contributed by atoms with Crippen molar-refractivity contribution in [3.05, 3.63) is 89.1 Å². The minimum absolute atomic E-state index is 0.211. The predicted molar refractivity (Wildman–Crippen MR) is 167 cm³/mol. The van der Waals surface area contributed by atoms with Crippen LogP contribution in [0.25, 0.3) is 10.8 Å². The normalized spacial score (nSPS) is 16.7. The second-order valence-electron chi connectivity index (χ2n) is 10.8. The first-order valence-corrected chi connectivity index (χ1v) is 15.5. The maximum Gasteiger partial charge on any atom is 0.410 e. The molecule has 0 bridgehead atoms. The highest BCUT2D eigenvalue weighted by Crippen LogP contribution is 2.36. The van der Waals surface area contributed by atoms with Gasteiger partial charge >= 0.3 is 6.09 Å². The predicted octanol–water partition coefficient (Wildman–Crippen LogP) is 5.96. The quantitative estimate of drug-likeness (QED) is 0.205. The van der Waals surface area contributed by atoms with Crippen LogP contribution >= 0.6 is 11.8 Å². The Hall–Kier alpha value is -4.29. The van der Waals surface area contributed by atoms with Crippen LogP contribution < -0.4 is 9.80 Å². The van der Waals surface area contributed by atoms with Gasteiger partial charge in [-0.3, -0.25) is 0 Å². The van der Waals surface area contributed by atoms with Gasteiger partial charge in [0.1, 0.15) is 12.4 Å². The monoisotopic (exact) mass is 578 g/mol. The summed E-state index contributed by atoms with van der Waals surface area (Å²) in [5, 5.41) is 12.9. The lowest BCUT2D eigenvalue weighted by atomic mass is 9.99. The summed E-state index contributed by atoms with van der Waals surface area (Å²) in [6.07, 6.45) is 2.67. The van der Waals surface area contributed by atoms with Crippen molar-refractivity contribution in [2.24, 2.45) is 0 Å². The maximum absolute atomic E-state index is 13.1. The van der Waals surface area contributed by atoms with Crippen molar-refractivity contribution in [3.8, 4) is 6.07 Å². The Morgan fingerprint density at radius 1 is 1.02 bits per heavy atom. The van der Waals surface area contributed by atoms with E-state index in [0.717, 1.165) is 40.8 Å². The number of nitrogens with zero attached hydrogens (tertiary/aromatic N) is 6. The lowest BCUT2D eigenvalue weighted by molar-refractivity contribution is 0.0767. The topological polar surface area (TPSA) is 85.6 Å². The van der Waals surface area contributed by atoms with Gasteiger partial charge in [0, 0.05) is 42.8 Å². The molecule has 3 aromatic carbocycles. The number of ether oxygens (including phenoxy) is 1. The highest BCUT2D eigenvalue weighted by atomic mass is 32.2. The average Bonchev–Trinajstić information content (AvgIpc) is 3.03. The Bertz CT molecular complexity index is 1630. The number of carbonyl (C=O) groups excluding carboxylic acids is 1. The Kier molecular flexibility index (Phi) is 8.15. The number of piperazine rings is 1. The van der Waals surface area contributed by atoms with Crippen molar-refractivity contribution < 1.29 is 9.53 Å². The number of benzene rings is 3. The molecule has 1 aromatic heterocycles. The van der Waals surface area contributed by atoms with Gasteiger partial charge in [0.2, 0.25) is 0 Å². The summed E-state index contributed by atoms with van der Waals surface area (Å²) < 4.78 is 5.63. The van der Waals surface area contributed by atoms with Gasteiger partial charge in [0.25, 0.3) is 0 Å². The average molecular weight is 579 g/mol. The third kappa shape index (κ3) is 5.59. The van der Waals surface area contributed by atoms with E-state index < -0.39 is 0 Å². The Morgan fingerprint density at radius 3 is 2.62 bits per heavy atom. The molecule has 1 saturated heterocycles. The zero-order chi connectivity index (χ0) is 29.1. The van der Waals surface area contributed by atoms with Crippen LogP contribution in [0, 0.1) is 18.3 Å². The van der Waals surface area contributed by atoms with Gasteiger partial charge in [-0.2, -0.15) is 5.26 Å². The SMILES string of the molecule is CSc1nc2c(c(N3CCN(C(=O)OCc4ccccc4)C(CC#N)C3)n1)CCN(c1cccc3cccc(C)c13)C2. The van der Waals surface area contributed by atoms with Crippen LogP contribution in [-0.2, 0) is 24.3 Å². The fraction of sp³-hybridized carbons (Fsp3) is 0.333. The second kappa shape index (κ2) is 12.3. The van der Waals surface area contributed by atoms with Crippen LogP contribution in [-0.4, -0.2) is 59.4 Å². The Balaban J connectivity index is 1.24. The molecule has 3 heterocycles. The minimum atomic E-state index is -0.380. The van der Waals surface area contributed by atoms with E-state index in [-0.39, 0.29) is 25.2 Å². The van der Waals surface area contributed by atoms with Crippen LogP contribution in [0.4, 0.5) is 16.3 Å². The molecule has 6 rings (SSSR count). The van der Waals surface area contributed by atoms with Gasteiger partial charge in [0.05, 0.1) is 30.8 Å². The molecule has 2 aliphatic heterocycles. The van der Waals surface area contributed by atoms with E-state index in [0.29, 0.717) is 26.2 Å². The van der Waals surface area contributed by atoms with E-state index in [1.165, 1.54) is 33.8 Å². The number of aromatic nitrogens is 2. The molecule has 0 spiro atoms. The highest BCUT2D eigenvalue weighted by Gasteiger charge is 2.34. The van der Waals surface area contributed by atoms with Crippen LogP contribution in [0.15, 0.2) is 71.9 Å². The van der Waals surface area contributed by atoms with E-state index in [1.54, 1.807) is 4.90 Å². The van der Waals surface area contributed by atoms with E-state index in [4.69, 9.17) is 14.7 Å². The summed E-state index contributed by atoms with van der Waals surface area (Å²) >= 11 is 1.54. The molecule has 0 aliphatic carbocycles. The van der Waals surface area contributed by atoms with Gasteiger partial charge in [-0.15, -0.1) is 0 Å². The number of thioether (sulfide) groups is 1. The lowest BCUT2D eigenvalue weighted by Gasteiger charge is -2.42. The number of rotatable bonds is 6. The van der Waals surface area contributed by atoms with Crippen LogP contribution in [0.2, 0.25) is 0 Å². The largest absolute Gasteiger partial charge is 0.445 e. The van der Waals surface area contributed by atoms with Gasteiger partial charge in [0.15, 0.2) is 5.16 Å². The first kappa shape index (κ1) is 27.9. The molecule has 1 amide bonds. The van der Waals surface area contributed by atoms with Gasteiger partial charge in [-0.05, 0) is 42.2 Å². The van der Waals surface area contributed by atoms with E-state index in [9.17, 15) is 10.1 Å². The molecule has 2 aliphatic rings. The number of anilines is 2. The van der Waals surface area contributed by atoms with E-state index >= 15 is 0 Å². The zero-order valence-corrected chi connectivity index (χ0v) is 24.8. The molecule has 0 saturated carbocycles. The van der Waals surface area contributed by atoms with Crippen LogP contribution in [0.1, 0.15) is 28.8 Å². The minimum Gasteiger partial charge on any atom is -0.445 e. The highest BCUT2D eigenvalue weighted by molar-refractivity contribution is 7.98. The molecule has 42 heavy (non-hydrogen) atoms. The third-order valence-corrected chi connectivity index (χ3v) is 8.73. The number of fused-ring (bicyclic) bond motifs is 2. The summed E-state index contributed by atoms with van der Waals surface area (Å²) in [5.74, 6) is 0.929. The summed E-state index contributed by atoms with van der Waals surface area (Å²) in [6, 6.07) is 24.6. The molecule has 0 radical (unpaired) electrons. The van der Waals surface area contributed by atoms with Crippen molar-refractivity contribution in [2.45, 2.75) is 44.1 Å². The van der Waals surface area contributed by atoms with Gasteiger partial charge in [-0.1, -0.05) is 72.4 Å². The van der Waals surface area contributed by atoms with Crippen LogP contribution in [0.3, 0.4) is 0 Å². The third-order valence-electron chi connectivity index (χ3n) is 8.19. The van der Waals surface area contributed by atoms with Crippen molar-refractivity contribution in [2.75, 3.05) is 42.2 Å². The molecule has 8 nitrogen and oxygen atoms in total. The molecule has 214 valence electrons. The fourth-order valence-corrected chi connectivity index (χ4v) is 6.47. The molecule has 0 N–H and O–H groups in total. The lowest BCUT2D eigenvalue weighted by Crippen LogP contribution is -2.55. The molecule has 1 unspecified atom stereocenters. The summed E-state index contributed by atoms with van der Waals surface area (Å²) in [7, 11) is 0. The van der Waals surface area contributed by atoms with E-state index in [1.807, 2.05) is 36.6 Å². The smallest absolute Gasteiger partial charge is 0.410 e. The number of amides is 1. The molecule has 1 atom stereocenters. The van der Waals surface area contributed by atoms with Crippen molar-refractivity contribution in [1.82, 2.24) is 14.9 Å². The van der Waals surface area contributed by atoms with Crippen LogP contribution in [0.5, 0.6) is 0 Å². The number of nitriles is 1. The van der Waals surface area contributed by atoms with Crippen molar-refractivity contribution >= 4 is 40.1 Å². The van der Waals surface area contributed by atoms with Gasteiger partial charge in [-0.25, -0.2) is 14.8 Å². The van der Waals surface area contributed by atoms with Crippen molar-refractivity contribution in [1.29, 1.82) is 5.26 Å². The van der Waals surface area contributed by atoms with Crippen molar-refractivity contribution in [3.63, 3.8) is 0 Å². The molecular weight excluding hydrogens is 544 g/mol. The first-order chi connectivity index (χ1) is 20.6. The standard InChI is InChI=1S/C33H34N6O2S/c1-23-8-6-11-25-12-7-13-29(30(23)25)37-17-15-27-28(21-37)35-32(42-2)36-31(27)38-18-19-39(26(20-38)14-16-34)33(40)41-22-24-9-4-3-5-10-24/h3-13,26H,14-15,17-22H2,1-2H3. The molecule has 4 aromatic rings. The number of aryl methyl sites for hydroxylation is 1. The fourth-order valence-electron chi connectivity index (χ4n) is 6.09. The molecule has 9 heteroatoms. The maximum atomic E-state index is 13.1. The number of hydrogen-bond donors (Lipinski definition) is 0. The zero-order valence-electron chi connectivity index (χ0n) is 24.0. The summed E-state index contributed by atoms with van der Waals surface area (Å²) in [4.78, 5) is 29.4. The van der Waals surface area contributed by atoms with E-state index in [2.05, 4.69) is 59.2 Å². The Morgan fingerprint density at radius 2 is 1.83 bits per heavy atom.